The Labute approximate surface area is 156 Å². The van der Waals surface area contributed by atoms with Crippen LogP contribution >= 0.6 is 0 Å². The molecule has 0 N–H and O–H groups in total. The molecule has 26 heavy (non-hydrogen) atoms. The Morgan fingerprint density at radius 3 is 2.46 bits per heavy atom. The summed E-state index contributed by atoms with van der Waals surface area (Å²) >= 11 is 0. The van der Waals surface area contributed by atoms with Crippen molar-refractivity contribution in [3.63, 3.8) is 0 Å². The second-order valence-electron chi connectivity index (χ2n) is 8.01. The van der Waals surface area contributed by atoms with E-state index in [1.807, 2.05) is 26.0 Å². The summed E-state index contributed by atoms with van der Waals surface area (Å²) in [7, 11) is -3.55. The third-order valence-electron chi connectivity index (χ3n) is 5.17. The second-order valence-corrected chi connectivity index (χ2v) is 9.90. The molecule has 1 aliphatic rings. The van der Waals surface area contributed by atoms with Gasteiger partial charge in [0.15, 0.2) is 0 Å². The van der Waals surface area contributed by atoms with E-state index in [1.54, 1.807) is 16.4 Å². The Bertz CT molecular complexity index is 877. The fourth-order valence-corrected chi connectivity index (χ4v) is 5.35. The Balaban J connectivity index is 1.97. The van der Waals surface area contributed by atoms with Gasteiger partial charge in [-0.1, -0.05) is 45.0 Å². The topological polar surface area (TPSA) is 63.4 Å². The van der Waals surface area contributed by atoms with Gasteiger partial charge < -0.3 is 4.52 Å². The van der Waals surface area contributed by atoms with Gasteiger partial charge in [0.05, 0.1) is 16.6 Å². The molecule has 1 saturated heterocycles. The second kappa shape index (κ2) is 6.82. The summed E-state index contributed by atoms with van der Waals surface area (Å²) < 4.78 is 33.6. The summed E-state index contributed by atoms with van der Waals surface area (Å²) in [4.78, 5) is 0.351. The van der Waals surface area contributed by atoms with Crippen LogP contribution in [0.1, 0.15) is 69.2 Å². The third-order valence-corrected chi connectivity index (χ3v) is 7.09. The van der Waals surface area contributed by atoms with Crippen molar-refractivity contribution in [1.82, 2.24) is 9.46 Å². The molecule has 0 radical (unpaired) electrons. The number of hydrogen-bond donors (Lipinski definition) is 0. The lowest BCUT2D eigenvalue weighted by Crippen LogP contribution is -2.31. The van der Waals surface area contributed by atoms with Crippen molar-refractivity contribution in [1.29, 1.82) is 0 Å². The highest BCUT2D eigenvalue weighted by Gasteiger charge is 2.39. The van der Waals surface area contributed by atoms with Crippen LogP contribution in [-0.4, -0.2) is 24.4 Å². The largest absolute Gasteiger partial charge is 0.361 e. The van der Waals surface area contributed by atoms with Crippen LogP contribution in [0, 0.1) is 6.92 Å². The van der Waals surface area contributed by atoms with Crippen LogP contribution in [0.4, 0.5) is 0 Å². The van der Waals surface area contributed by atoms with Gasteiger partial charge in [-0.25, -0.2) is 8.42 Å². The van der Waals surface area contributed by atoms with Crippen LogP contribution in [0.5, 0.6) is 0 Å². The van der Waals surface area contributed by atoms with E-state index in [2.05, 4.69) is 25.9 Å². The highest BCUT2D eigenvalue weighted by atomic mass is 32.2. The first kappa shape index (κ1) is 19.1. The highest BCUT2D eigenvalue weighted by molar-refractivity contribution is 7.89. The van der Waals surface area contributed by atoms with E-state index in [9.17, 15) is 8.42 Å². The number of rotatable bonds is 4. The predicted octanol–water partition coefficient (Wildman–Crippen LogP) is 4.37. The average molecular weight is 377 g/mol. The summed E-state index contributed by atoms with van der Waals surface area (Å²) in [6.45, 7) is 10.8. The fraction of sp³-hybridized carbons (Fsp3) is 0.550. The van der Waals surface area contributed by atoms with E-state index in [1.165, 1.54) is 0 Å². The van der Waals surface area contributed by atoms with E-state index in [4.69, 9.17) is 4.52 Å². The van der Waals surface area contributed by atoms with Gasteiger partial charge >= 0.3 is 0 Å². The van der Waals surface area contributed by atoms with Crippen molar-refractivity contribution in [3.8, 4) is 0 Å². The molecule has 1 aliphatic heterocycles. The third kappa shape index (κ3) is 3.32. The minimum atomic E-state index is -3.55. The normalized spacial score (nSPS) is 19.2. The summed E-state index contributed by atoms with van der Waals surface area (Å²) in [6.07, 6.45) is 2.35. The summed E-state index contributed by atoms with van der Waals surface area (Å²) in [5, 5.41) is 4.06. The lowest BCUT2D eigenvalue weighted by atomic mass is 9.87. The maximum absolute atomic E-state index is 13.3. The van der Waals surface area contributed by atoms with Gasteiger partial charge in [-0.15, -0.1) is 0 Å². The molecule has 1 fully saturated rings. The van der Waals surface area contributed by atoms with Crippen molar-refractivity contribution in [2.75, 3.05) is 6.54 Å². The lowest BCUT2D eigenvalue weighted by molar-refractivity contribution is 0.368. The van der Waals surface area contributed by atoms with Crippen LogP contribution in [-0.2, 0) is 21.9 Å². The molecule has 0 spiro atoms. The standard InChI is InChI=1S/C20H28N2O3S/c1-6-18-19(14(2)21-25-18)17-8-7-13-22(17)26(23,24)16-11-9-15(10-12-16)20(3,4)5/h9-12,17H,6-8,13H2,1-5H3/t17-/m0/s1. The van der Waals surface area contributed by atoms with Gasteiger partial charge in [0.1, 0.15) is 5.76 Å². The van der Waals surface area contributed by atoms with Gasteiger partial charge in [-0.05, 0) is 42.9 Å². The Hall–Kier alpha value is -1.66. The zero-order valence-corrected chi connectivity index (χ0v) is 17.1. The van der Waals surface area contributed by atoms with Gasteiger partial charge in [0.2, 0.25) is 10.0 Å². The predicted molar refractivity (Wildman–Crippen MR) is 102 cm³/mol. The SMILES string of the molecule is CCc1onc(C)c1[C@@H]1CCCN1S(=O)(=O)c1ccc(C(C)(C)C)cc1. The van der Waals surface area contributed by atoms with E-state index in [-0.39, 0.29) is 11.5 Å². The molecule has 1 atom stereocenters. The smallest absolute Gasteiger partial charge is 0.243 e. The maximum Gasteiger partial charge on any atom is 0.243 e. The Morgan fingerprint density at radius 1 is 1.23 bits per heavy atom. The van der Waals surface area contributed by atoms with E-state index in [0.717, 1.165) is 35.4 Å². The van der Waals surface area contributed by atoms with Crippen molar-refractivity contribution < 1.29 is 12.9 Å². The van der Waals surface area contributed by atoms with Crippen LogP contribution < -0.4 is 0 Å². The molecule has 6 heteroatoms. The van der Waals surface area contributed by atoms with E-state index >= 15 is 0 Å². The van der Waals surface area contributed by atoms with Gasteiger partial charge in [-0.2, -0.15) is 4.31 Å². The molecule has 3 rings (SSSR count). The van der Waals surface area contributed by atoms with Crippen LogP contribution in [0.2, 0.25) is 0 Å². The molecule has 5 nitrogen and oxygen atoms in total. The van der Waals surface area contributed by atoms with E-state index < -0.39 is 10.0 Å². The van der Waals surface area contributed by atoms with Crippen LogP contribution in [0.15, 0.2) is 33.7 Å². The van der Waals surface area contributed by atoms with Crippen molar-refractivity contribution >= 4 is 10.0 Å². The van der Waals surface area contributed by atoms with Crippen molar-refractivity contribution in [3.05, 3.63) is 46.8 Å². The Morgan fingerprint density at radius 2 is 1.88 bits per heavy atom. The van der Waals surface area contributed by atoms with Gasteiger partial charge in [0, 0.05) is 18.5 Å². The number of nitrogens with zero attached hydrogens (tertiary/aromatic N) is 2. The van der Waals surface area contributed by atoms with Crippen LogP contribution in [0.25, 0.3) is 0 Å². The number of sulfonamides is 1. The van der Waals surface area contributed by atoms with Crippen LogP contribution in [0.3, 0.4) is 0 Å². The summed E-state index contributed by atoms with van der Waals surface area (Å²) in [6, 6.07) is 7.10. The van der Waals surface area contributed by atoms with Gasteiger partial charge in [0.25, 0.3) is 0 Å². The number of aryl methyl sites for hydroxylation is 2. The molecular weight excluding hydrogens is 348 g/mol. The molecule has 0 saturated carbocycles. The van der Waals surface area contributed by atoms with Gasteiger partial charge in [-0.3, -0.25) is 0 Å². The minimum Gasteiger partial charge on any atom is -0.361 e. The number of aromatic nitrogens is 1. The van der Waals surface area contributed by atoms with E-state index in [0.29, 0.717) is 17.9 Å². The highest BCUT2D eigenvalue weighted by Crippen LogP contribution is 2.39. The number of benzene rings is 1. The molecular formula is C20H28N2O3S. The molecule has 2 aromatic rings. The first-order valence-corrected chi connectivity index (χ1v) is 10.7. The summed E-state index contributed by atoms with van der Waals surface area (Å²) in [5.41, 5.74) is 2.85. The molecule has 1 aromatic heterocycles. The molecule has 0 amide bonds. The molecule has 142 valence electrons. The van der Waals surface area contributed by atoms with Crippen molar-refractivity contribution in [2.24, 2.45) is 0 Å². The first-order chi connectivity index (χ1) is 12.2. The maximum atomic E-state index is 13.3. The average Bonchev–Trinajstić information content (AvgIpc) is 3.20. The quantitative estimate of drug-likeness (QED) is 0.795. The molecule has 0 aliphatic carbocycles. The minimum absolute atomic E-state index is 0.00588. The summed E-state index contributed by atoms with van der Waals surface area (Å²) in [5.74, 6) is 0.790. The first-order valence-electron chi connectivity index (χ1n) is 9.23. The molecule has 1 aromatic carbocycles. The monoisotopic (exact) mass is 376 g/mol. The zero-order valence-electron chi connectivity index (χ0n) is 16.2. The molecule has 2 heterocycles. The fourth-order valence-electron chi connectivity index (χ4n) is 3.68. The van der Waals surface area contributed by atoms with Crippen molar-refractivity contribution in [2.45, 2.75) is 70.2 Å². The Kier molecular flexibility index (Phi) is 5.01. The number of hydrogen-bond acceptors (Lipinski definition) is 4. The molecule has 0 bridgehead atoms. The zero-order chi connectivity index (χ0) is 19.1. The lowest BCUT2D eigenvalue weighted by Gasteiger charge is -2.25. The molecule has 0 unspecified atom stereocenters.